The molecule has 0 unspecified atom stereocenters. The van der Waals surface area contributed by atoms with Crippen molar-refractivity contribution < 1.29 is 28.5 Å². The van der Waals surface area contributed by atoms with Crippen LogP contribution in [-0.2, 0) is 18.9 Å². The minimum Gasteiger partial charge on any atom is -0.361 e. The van der Waals surface area contributed by atoms with E-state index in [9.17, 15) is 9.59 Å². The maximum absolute atomic E-state index is 14.1. The van der Waals surface area contributed by atoms with Crippen LogP contribution < -0.4 is 0 Å². The Bertz CT molecular complexity index is 661. The van der Waals surface area contributed by atoms with Gasteiger partial charge in [0.25, 0.3) is 0 Å². The van der Waals surface area contributed by atoms with Crippen molar-refractivity contribution in [2.24, 2.45) is 0 Å². The van der Waals surface area contributed by atoms with E-state index in [1.54, 1.807) is 19.6 Å². The fraction of sp³-hybridized carbons (Fsp3) is 0.929. The fourth-order valence-corrected chi connectivity index (χ4v) is 5.37. The van der Waals surface area contributed by atoms with Crippen molar-refractivity contribution in [1.29, 1.82) is 0 Å². The van der Waals surface area contributed by atoms with Crippen LogP contribution in [-0.4, -0.2) is 96.3 Å². The Morgan fingerprint density at radius 3 is 1.13 bits per heavy atom. The van der Waals surface area contributed by atoms with Crippen LogP contribution in [0.1, 0.15) is 106 Å². The Morgan fingerprint density at radius 1 is 0.526 bits per heavy atom. The van der Waals surface area contributed by atoms with Gasteiger partial charge in [-0.05, 0) is 39.0 Å². The number of amides is 4. The topological polar surface area (TPSA) is 84.0 Å². The molecule has 4 amide bonds. The second kappa shape index (κ2) is 16.5. The zero-order chi connectivity index (χ0) is 28.0. The number of unbranched alkanes of at least 4 members (excludes halogenated alkanes) is 4. The number of carbonyl (C=O) groups excluding carboxylic acids is 2. The predicted molar refractivity (Wildman–Crippen MR) is 147 cm³/mol. The summed E-state index contributed by atoms with van der Waals surface area (Å²) < 4.78 is 24.1. The van der Waals surface area contributed by atoms with Gasteiger partial charge in [0.05, 0.1) is 0 Å². The summed E-state index contributed by atoms with van der Waals surface area (Å²) in [5.74, 6) is 0. The lowest BCUT2D eigenvalue weighted by Crippen LogP contribution is -2.67. The van der Waals surface area contributed by atoms with Crippen molar-refractivity contribution >= 4 is 12.1 Å². The molecule has 2 aliphatic rings. The Labute approximate surface area is 230 Å². The minimum absolute atomic E-state index is 0.0928. The molecule has 2 saturated heterocycles. The van der Waals surface area contributed by atoms with Gasteiger partial charge in [-0.3, -0.25) is 19.6 Å². The van der Waals surface area contributed by atoms with Gasteiger partial charge in [0.1, 0.15) is 26.9 Å². The average Bonchev–Trinajstić information content (AvgIpc) is 3.18. The van der Waals surface area contributed by atoms with Crippen LogP contribution in [0.5, 0.6) is 0 Å². The summed E-state index contributed by atoms with van der Waals surface area (Å²) in [7, 11) is 0. The molecule has 0 spiro atoms. The highest BCUT2D eigenvalue weighted by Gasteiger charge is 2.76. The van der Waals surface area contributed by atoms with E-state index in [0.717, 1.165) is 57.8 Å². The molecule has 0 atom stereocenters. The van der Waals surface area contributed by atoms with E-state index in [4.69, 9.17) is 18.9 Å². The molecular weight excluding hydrogens is 488 g/mol. The monoisotopic (exact) mass is 542 g/mol. The Balaban J connectivity index is 2.52. The molecule has 0 aromatic rings. The molecule has 2 fully saturated rings. The number of nitrogens with zero attached hydrogens (tertiary/aromatic N) is 4. The molecule has 0 N–H and O–H groups in total. The summed E-state index contributed by atoms with van der Waals surface area (Å²) in [5.41, 5.74) is -2.02. The molecule has 0 bridgehead atoms. The second-order valence-corrected chi connectivity index (χ2v) is 10.4. The van der Waals surface area contributed by atoms with Crippen molar-refractivity contribution in [2.45, 2.75) is 117 Å². The van der Waals surface area contributed by atoms with E-state index in [1.165, 1.54) is 0 Å². The van der Waals surface area contributed by atoms with Gasteiger partial charge in [0, 0.05) is 26.4 Å². The number of hydrogen-bond acceptors (Lipinski definition) is 6. The van der Waals surface area contributed by atoms with Gasteiger partial charge in [-0.1, -0.05) is 66.7 Å². The lowest BCUT2D eigenvalue weighted by atomic mass is 9.89. The largest absolute Gasteiger partial charge is 0.361 e. The summed E-state index contributed by atoms with van der Waals surface area (Å²) in [6.07, 6.45) is 8.97. The van der Waals surface area contributed by atoms with Gasteiger partial charge in [0.15, 0.2) is 11.3 Å². The van der Waals surface area contributed by atoms with Crippen molar-refractivity contribution in [3.63, 3.8) is 0 Å². The van der Waals surface area contributed by atoms with Gasteiger partial charge < -0.3 is 18.9 Å². The van der Waals surface area contributed by atoms with Crippen LogP contribution in [0.15, 0.2) is 0 Å². The molecule has 38 heavy (non-hydrogen) atoms. The molecule has 2 rings (SSSR count). The third-order valence-corrected chi connectivity index (χ3v) is 7.68. The summed E-state index contributed by atoms with van der Waals surface area (Å²) in [5, 5.41) is 0. The standard InChI is InChI=1S/C28H54N4O6/c1-7-12-17-35-21-29-25(33)31(23-37-19-14-9-3)28(16-11-5)27(29,6)30(22-36-18-13-8-2)26(34)32(28)24-38-20-15-10-4/h7-24H2,1-6H3. The van der Waals surface area contributed by atoms with Crippen molar-refractivity contribution in [2.75, 3.05) is 53.4 Å². The van der Waals surface area contributed by atoms with E-state index < -0.39 is 11.3 Å². The van der Waals surface area contributed by atoms with Crippen LogP contribution >= 0.6 is 0 Å². The highest BCUT2D eigenvalue weighted by molar-refractivity contribution is 5.88. The van der Waals surface area contributed by atoms with Gasteiger partial charge in [0.2, 0.25) is 0 Å². The van der Waals surface area contributed by atoms with Crippen LogP contribution in [0.3, 0.4) is 0 Å². The van der Waals surface area contributed by atoms with Gasteiger partial charge in [-0.25, -0.2) is 9.59 Å². The lowest BCUT2D eigenvalue weighted by molar-refractivity contribution is -0.138. The zero-order valence-electron chi connectivity index (χ0n) is 25.0. The number of carbonyl (C=O) groups is 2. The molecular formula is C28H54N4O6. The predicted octanol–water partition coefficient (Wildman–Crippen LogP) is 5.77. The van der Waals surface area contributed by atoms with Gasteiger partial charge in [-0.2, -0.15) is 0 Å². The number of urea groups is 2. The first kappa shape index (κ1) is 32.6. The third-order valence-electron chi connectivity index (χ3n) is 7.68. The second-order valence-electron chi connectivity index (χ2n) is 10.4. The number of hydrogen-bond donors (Lipinski definition) is 0. The molecule has 0 saturated carbocycles. The quantitative estimate of drug-likeness (QED) is 0.162. The normalized spacial score (nSPS) is 23.3. The van der Waals surface area contributed by atoms with E-state index in [1.807, 2.05) is 6.92 Å². The third kappa shape index (κ3) is 6.74. The summed E-state index contributed by atoms with van der Waals surface area (Å²) in [4.78, 5) is 35.1. The summed E-state index contributed by atoms with van der Waals surface area (Å²) in [6.45, 7) is 15.1. The maximum Gasteiger partial charge on any atom is 0.327 e. The molecule has 2 heterocycles. The van der Waals surface area contributed by atoms with Crippen LogP contribution in [0, 0.1) is 0 Å². The van der Waals surface area contributed by atoms with E-state index >= 15 is 0 Å². The Kier molecular flexibility index (Phi) is 14.1. The van der Waals surface area contributed by atoms with Gasteiger partial charge in [-0.15, -0.1) is 0 Å². The molecule has 10 nitrogen and oxygen atoms in total. The first-order chi connectivity index (χ1) is 18.4. The van der Waals surface area contributed by atoms with Crippen LogP contribution in [0.2, 0.25) is 0 Å². The van der Waals surface area contributed by atoms with Gasteiger partial charge >= 0.3 is 12.1 Å². The number of ether oxygens (including phenoxy) is 4. The molecule has 0 aromatic carbocycles. The van der Waals surface area contributed by atoms with Crippen molar-refractivity contribution in [3.8, 4) is 0 Å². The molecule has 222 valence electrons. The Morgan fingerprint density at radius 2 is 0.842 bits per heavy atom. The first-order valence-electron chi connectivity index (χ1n) is 14.9. The maximum atomic E-state index is 14.1. The summed E-state index contributed by atoms with van der Waals surface area (Å²) in [6, 6.07) is -0.392. The molecule has 2 aliphatic heterocycles. The van der Waals surface area contributed by atoms with E-state index in [-0.39, 0.29) is 39.0 Å². The van der Waals surface area contributed by atoms with Crippen molar-refractivity contribution in [3.05, 3.63) is 0 Å². The van der Waals surface area contributed by atoms with Crippen molar-refractivity contribution in [1.82, 2.24) is 19.6 Å². The molecule has 0 aliphatic carbocycles. The van der Waals surface area contributed by atoms with Crippen LogP contribution in [0.25, 0.3) is 0 Å². The van der Waals surface area contributed by atoms with E-state index in [2.05, 4.69) is 34.6 Å². The van der Waals surface area contributed by atoms with E-state index in [0.29, 0.717) is 32.8 Å². The van der Waals surface area contributed by atoms with Crippen LogP contribution in [0.4, 0.5) is 9.59 Å². The lowest BCUT2D eigenvalue weighted by Gasteiger charge is -2.47. The number of rotatable bonds is 22. The zero-order valence-corrected chi connectivity index (χ0v) is 25.0. The number of fused-ring (bicyclic) bond motifs is 1. The fourth-order valence-electron chi connectivity index (χ4n) is 5.37. The minimum atomic E-state index is -1.03. The smallest absolute Gasteiger partial charge is 0.327 e. The highest BCUT2D eigenvalue weighted by Crippen LogP contribution is 2.53. The SMILES string of the molecule is CCCCOCN1C(=O)N(COCCCC)C2(CCC)N(COCCCC)C(=O)N(COCCCC)C12C. The molecule has 0 aromatic heterocycles. The molecule has 0 radical (unpaired) electrons. The molecule has 10 heteroatoms. The Hall–Kier alpha value is -1.62. The summed E-state index contributed by atoms with van der Waals surface area (Å²) >= 11 is 0. The average molecular weight is 543 g/mol. The highest BCUT2D eigenvalue weighted by atomic mass is 16.5. The first-order valence-corrected chi connectivity index (χ1v) is 14.9.